The Morgan fingerprint density at radius 3 is 2.33 bits per heavy atom. The van der Waals surface area contributed by atoms with Gasteiger partial charge in [0, 0.05) is 26.7 Å². The molecule has 0 spiro atoms. The maximum atomic E-state index is 11.4. The predicted molar refractivity (Wildman–Crippen MR) is 64.0 cm³/mol. The zero-order chi connectivity index (χ0) is 13.8. The molecule has 0 heterocycles. The largest absolute Gasteiger partial charge is 0.395 e. The van der Waals surface area contributed by atoms with Crippen molar-refractivity contribution in [2.75, 3.05) is 53.1 Å². The van der Waals surface area contributed by atoms with Crippen LogP contribution in [0, 0.1) is 0 Å². The maximum Gasteiger partial charge on any atom is 0.321 e. The third-order valence-electron chi connectivity index (χ3n) is 2.04. The molecular weight excluding hydrogens is 242 g/mol. The SMILES string of the molecule is COCCNC(=O)NC(=O)CN(CCO)CCO. The highest BCUT2D eigenvalue weighted by atomic mass is 16.5. The Labute approximate surface area is 106 Å². The van der Waals surface area contributed by atoms with Crippen LogP contribution >= 0.6 is 0 Å². The third kappa shape index (κ3) is 8.88. The van der Waals surface area contributed by atoms with Gasteiger partial charge in [-0.25, -0.2) is 4.79 Å². The van der Waals surface area contributed by atoms with Gasteiger partial charge in [-0.15, -0.1) is 0 Å². The lowest BCUT2D eigenvalue weighted by molar-refractivity contribution is -0.121. The minimum absolute atomic E-state index is 0.0567. The van der Waals surface area contributed by atoms with Gasteiger partial charge < -0.3 is 20.3 Å². The summed E-state index contributed by atoms with van der Waals surface area (Å²) >= 11 is 0. The van der Waals surface area contributed by atoms with Crippen molar-refractivity contribution >= 4 is 11.9 Å². The van der Waals surface area contributed by atoms with E-state index in [2.05, 4.69) is 10.6 Å². The minimum atomic E-state index is -0.593. The molecule has 0 aliphatic rings. The number of carbonyl (C=O) groups excluding carboxylic acids is 2. The Hall–Kier alpha value is -1.22. The third-order valence-corrected chi connectivity index (χ3v) is 2.04. The van der Waals surface area contributed by atoms with Gasteiger partial charge in [0.2, 0.25) is 5.91 Å². The molecule has 0 aromatic carbocycles. The van der Waals surface area contributed by atoms with Crippen molar-refractivity contribution in [1.82, 2.24) is 15.5 Å². The number of hydrogen-bond donors (Lipinski definition) is 4. The smallest absolute Gasteiger partial charge is 0.321 e. The molecule has 0 fully saturated rings. The molecule has 0 aromatic heterocycles. The fourth-order valence-electron chi connectivity index (χ4n) is 1.23. The molecule has 0 radical (unpaired) electrons. The van der Waals surface area contributed by atoms with E-state index in [1.54, 1.807) is 0 Å². The second-order valence-corrected chi connectivity index (χ2v) is 3.52. The molecule has 0 saturated heterocycles. The van der Waals surface area contributed by atoms with E-state index in [0.29, 0.717) is 13.2 Å². The zero-order valence-corrected chi connectivity index (χ0v) is 10.5. The van der Waals surface area contributed by atoms with E-state index in [1.165, 1.54) is 12.0 Å². The minimum Gasteiger partial charge on any atom is -0.395 e. The van der Waals surface area contributed by atoms with Crippen molar-refractivity contribution in [2.24, 2.45) is 0 Å². The molecule has 0 aliphatic carbocycles. The number of methoxy groups -OCH3 is 1. The molecule has 0 atom stereocenters. The molecule has 18 heavy (non-hydrogen) atoms. The van der Waals surface area contributed by atoms with Crippen molar-refractivity contribution in [2.45, 2.75) is 0 Å². The van der Waals surface area contributed by atoms with Gasteiger partial charge in [0.1, 0.15) is 0 Å². The Morgan fingerprint density at radius 1 is 1.22 bits per heavy atom. The van der Waals surface area contributed by atoms with Crippen LogP contribution < -0.4 is 10.6 Å². The number of urea groups is 1. The fourth-order valence-corrected chi connectivity index (χ4v) is 1.23. The Balaban J connectivity index is 3.88. The predicted octanol–water partition coefficient (Wildman–Crippen LogP) is -2.25. The maximum absolute atomic E-state index is 11.4. The normalized spacial score (nSPS) is 10.4. The first kappa shape index (κ1) is 16.8. The first-order chi connectivity index (χ1) is 8.63. The van der Waals surface area contributed by atoms with E-state index in [-0.39, 0.29) is 32.8 Å². The topological polar surface area (TPSA) is 111 Å². The summed E-state index contributed by atoms with van der Waals surface area (Å²) in [6.07, 6.45) is 0. The molecule has 0 rings (SSSR count). The van der Waals surface area contributed by atoms with Gasteiger partial charge in [-0.1, -0.05) is 0 Å². The highest BCUT2D eigenvalue weighted by Crippen LogP contribution is 1.86. The number of nitrogens with one attached hydrogen (secondary N) is 2. The first-order valence-corrected chi connectivity index (χ1v) is 5.64. The number of ether oxygens (including phenoxy) is 1. The van der Waals surface area contributed by atoms with Gasteiger partial charge in [0.05, 0.1) is 26.4 Å². The summed E-state index contributed by atoms with van der Waals surface area (Å²) in [6.45, 7) is 0.910. The second kappa shape index (κ2) is 10.9. The van der Waals surface area contributed by atoms with Crippen LogP contribution in [0.4, 0.5) is 4.79 Å². The van der Waals surface area contributed by atoms with E-state index in [0.717, 1.165) is 0 Å². The van der Waals surface area contributed by atoms with E-state index in [1.807, 2.05) is 0 Å². The lowest BCUT2D eigenvalue weighted by Crippen LogP contribution is -2.46. The zero-order valence-electron chi connectivity index (χ0n) is 10.5. The number of hydrogen-bond acceptors (Lipinski definition) is 6. The fraction of sp³-hybridized carbons (Fsp3) is 0.800. The van der Waals surface area contributed by atoms with Crippen molar-refractivity contribution in [1.29, 1.82) is 0 Å². The molecule has 0 aliphatic heterocycles. The highest BCUT2D eigenvalue weighted by Gasteiger charge is 2.12. The Morgan fingerprint density at radius 2 is 1.83 bits per heavy atom. The number of nitrogens with zero attached hydrogens (tertiary/aromatic N) is 1. The highest BCUT2D eigenvalue weighted by molar-refractivity contribution is 5.95. The van der Waals surface area contributed by atoms with Crippen LogP contribution in [-0.4, -0.2) is 80.2 Å². The van der Waals surface area contributed by atoms with Crippen LogP contribution in [0.2, 0.25) is 0 Å². The van der Waals surface area contributed by atoms with Gasteiger partial charge in [-0.3, -0.25) is 15.0 Å². The molecule has 0 bridgehead atoms. The number of aliphatic hydroxyl groups is 2. The van der Waals surface area contributed by atoms with Crippen LogP contribution in [0.1, 0.15) is 0 Å². The molecular formula is C10H21N3O5. The molecule has 0 saturated carbocycles. The van der Waals surface area contributed by atoms with Crippen LogP contribution in [-0.2, 0) is 9.53 Å². The van der Waals surface area contributed by atoms with Crippen molar-refractivity contribution < 1.29 is 24.5 Å². The standard InChI is InChI=1S/C10H21N3O5/c1-18-7-2-11-10(17)12-9(16)8-13(3-5-14)4-6-15/h14-15H,2-8H2,1H3,(H2,11,12,16,17). The van der Waals surface area contributed by atoms with Gasteiger partial charge in [0.15, 0.2) is 0 Å². The molecule has 4 N–H and O–H groups in total. The number of aliphatic hydroxyl groups excluding tert-OH is 2. The summed E-state index contributed by atoms with van der Waals surface area (Å²) < 4.78 is 4.73. The summed E-state index contributed by atoms with van der Waals surface area (Å²) in [5.41, 5.74) is 0. The number of rotatable bonds is 9. The van der Waals surface area contributed by atoms with E-state index < -0.39 is 11.9 Å². The molecule has 0 unspecified atom stereocenters. The summed E-state index contributed by atoms with van der Waals surface area (Å²) in [4.78, 5) is 24.2. The van der Waals surface area contributed by atoms with E-state index in [9.17, 15) is 9.59 Å². The first-order valence-electron chi connectivity index (χ1n) is 5.64. The average molecular weight is 263 g/mol. The summed E-state index contributed by atoms with van der Waals surface area (Å²) in [5.74, 6) is -0.494. The Bertz CT molecular complexity index is 244. The summed E-state index contributed by atoms with van der Waals surface area (Å²) in [5, 5.41) is 22.1. The summed E-state index contributed by atoms with van der Waals surface area (Å²) in [7, 11) is 1.51. The lowest BCUT2D eigenvalue weighted by atomic mass is 10.4. The number of carbonyl (C=O) groups is 2. The number of amides is 3. The summed E-state index contributed by atoms with van der Waals surface area (Å²) in [6, 6.07) is -0.593. The van der Waals surface area contributed by atoms with Gasteiger partial charge in [-0.05, 0) is 0 Å². The van der Waals surface area contributed by atoms with E-state index in [4.69, 9.17) is 14.9 Å². The van der Waals surface area contributed by atoms with Crippen molar-refractivity contribution in [3.63, 3.8) is 0 Å². The van der Waals surface area contributed by atoms with Crippen LogP contribution in [0.15, 0.2) is 0 Å². The van der Waals surface area contributed by atoms with Gasteiger partial charge in [0.25, 0.3) is 0 Å². The van der Waals surface area contributed by atoms with E-state index >= 15 is 0 Å². The van der Waals surface area contributed by atoms with Gasteiger partial charge in [-0.2, -0.15) is 0 Å². The molecule has 8 nitrogen and oxygen atoms in total. The van der Waals surface area contributed by atoms with Crippen LogP contribution in [0.25, 0.3) is 0 Å². The number of imide groups is 1. The molecule has 106 valence electrons. The second-order valence-electron chi connectivity index (χ2n) is 3.52. The monoisotopic (exact) mass is 263 g/mol. The van der Waals surface area contributed by atoms with Gasteiger partial charge >= 0.3 is 6.03 Å². The van der Waals surface area contributed by atoms with Crippen LogP contribution in [0.3, 0.4) is 0 Å². The Kier molecular flexibility index (Phi) is 10.2. The molecule has 8 heteroatoms. The quantitative estimate of drug-likeness (QED) is 0.350. The van der Waals surface area contributed by atoms with Crippen molar-refractivity contribution in [3.8, 4) is 0 Å². The average Bonchev–Trinajstić information content (AvgIpc) is 2.29. The van der Waals surface area contributed by atoms with Crippen molar-refractivity contribution in [3.05, 3.63) is 0 Å². The van der Waals surface area contributed by atoms with Crippen LogP contribution in [0.5, 0.6) is 0 Å². The molecule has 3 amide bonds. The molecule has 0 aromatic rings. The lowest BCUT2D eigenvalue weighted by Gasteiger charge is -2.19.